The van der Waals surface area contributed by atoms with E-state index in [1.165, 1.54) is 0 Å². The number of imidazole rings is 1. The molecule has 2 aromatic heterocycles. The van der Waals surface area contributed by atoms with Crippen molar-refractivity contribution in [2.24, 2.45) is 0 Å². The highest BCUT2D eigenvalue weighted by atomic mass is 15.0. The van der Waals surface area contributed by atoms with Gasteiger partial charge in [0.05, 0.1) is 16.7 Å². The SMILES string of the molecule is Cc1cc2c(-n3cnc4ccccc43)ccc(N)c2cn1. The molecule has 0 fully saturated rings. The normalized spacial score (nSPS) is 11.3. The van der Waals surface area contributed by atoms with Crippen LogP contribution in [0.15, 0.2) is 55.0 Å². The molecule has 0 aliphatic carbocycles. The van der Waals surface area contributed by atoms with Gasteiger partial charge in [0, 0.05) is 28.4 Å². The van der Waals surface area contributed by atoms with Crippen molar-refractivity contribution in [1.29, 1.82) is 0 Å². The fraction of sp³-hybridized carbons (Fsp3) is 0.0588. The maximum absolute atomic E-state index is 6.08. The molecule has 0 unspecified atom stereocenters. The molecule has 0 amide bonds. The molecule has 0 bridgehead atoms. The van der Waals surface area contributed by atoms with E-state index in [1.54, 1.807) is 0 Å². The molecule has 4 nitrogen and oxygen atoms in total. The van der Waals surface area contributed by atoms with Crippen LogP contribution < -0.4 is 5.73 Å². The van der Waals surface area contributed by atoms with E-state index in [0.29, 0.717) is 0 Å². The second-order valence-corrected chi connectivity index (χ2v) is 5.15. The zero-order valence-corrected chi connectivity index (χ0v) is 11.6. The van der Waals surface area contributed by atoms with Gasteiger partial charge in [-0.25, -0.2) is 4.98 Å². The number of rotatable bonds is 1. The van der Waals surface area contributed by atoms with Gasteiger partial charge < -0.3 is 5.73 Å². The van der Waals surface area contributed by atoms with Crippen molar-refractivity contribution in [3.63, 3.8) is 0 Å². The number of hydrogen-bond donors (Lipinski definition) is 1. The number of anilines is 1. The Balaban J connectivity index is 2.11. The summed E-state index contributed by atoms with van der Waals surface area (Å²) in [5.74, 6) is 0. The van der Waals surface area contributed by atoms with Gasteiger partial charge in [-0.1, -0.05) is 12.1 Å². The average molecular weight is 274 g/mol. The van der Waals surface area contributed by atoms with Crippen molar-refractivity contribution in [1.82, 2.24) is 14.5 Å². The summed E-state index contributed by atoms with van der Waals surface area (Å²) in [5.41, 5.74) is 10.9. The van der Waals surface area contributed by atoms with Crippen LogP contribution in [0.2, 0.25) is 0 Å². The molecule has 4 rings (SSSR count). The van der Waals surface area contributed by atoms with Crippen molar-refractivity contribution < 1.29 is 0 Å². The predicted octanol–water partition coefficient (Wildman–Crippen LogP) is 3.46. The first-order chi connectivity index (χ1) is 10.2. The highest BCUT2D eigenvalue weighted by Gasteiger charge is 2.09. The van der Waals surface area contributed by atoms with Gasteiger partial charge in [0.15, 0.2) is 0 Å². The second-order valence-electron chi connectivity index (χ2n) is 5.15. The van der Waals surface area contributed by atoms with Gasteiger partial charge in [0.25, 0.3) is 0 Å². The number of pyridine rings is 1. The number of benzene rings is 2. The minimum Gasteiger partial charge on any atom is -0.398 e. The molecular weight excluding hydrogens is 260 g/mol. The van der Waals surface area contributed by atoms with Crippen LogP contribution >= 0.6 is 0 Å². The molecule has 0 atom stereocenters. The number of aromatic nitrogens is 3. The van der Waals surface area contributed by atoms with Crippen LogP contribution in [-0.4, -0.2) is 14.5 Å². The monoisotopic (exact) mass is 274 g/mol. The maximum Gasteiger partial charge on any atom is 0.100 e. The number of nitrogens with two attached hydrogens (primary N) is 1. The number of hydrogen-bond acceptors (Lipinski definition) is 3. The lowest BCUT2D eigenvalue weighted by atomic mass is 10.1. The van der Waals surface area contributed by atoms with Crippen LogP contribution in [0.5, 0.6) is 0 Å². The number of nitrogens with zero attached hydrogens (tertiary/aromatic N) is 3. The Morgan fingerprint density at radius 1 is 1.00 bits per heavy atom. The lowest BCUT2D eigenvalue weighted by Crippen LogP contribution is -1.97. The molecule has 0 radical (unpaired) electrons. The van der Waals surface area contributed by atoms with Crippen LogP contribution in [0.25, 0.3) is 27.5 Å². The summed E-state index contributed by atoms with van der Waals surface area (Å²) >= 11 is 0. The average Bonchev–Trinajstić information content (AvgIpc) is 2.91. The quantitative estimate of drug-likeness (QED) is 0.541. The molecular formula is C17H14N4. The van der Waals surface area contributed by atoms with Crippen LogP contribution in [-0.2, 0) is 0 Å². The van der Waals surface area contributed by atoms with Gasteiger partial charge in [0.2, 0.25) is 0 Å². The topological polar surface area (TPSA) is 56.7 Å². The summed E-state index contributed by atoms with van der Waals surface area (Å²) in [5, 5.41) is 2.06. The van der Waals surface area contributed by atoms with Crippen molar-refractivity contribution in [2.45, 2.75) is 6.92 Å². The molecule has 4 aromatic rings. The van der Waals surface area contributed by atoms with E-state index in [2.05, 4.69) is 26.7 Å². The Kier molecular flexibility index (Phi) is 2.44. The molecule has 0 saturated carbocycles. The summed E-state index contributed by atoms with van der Waals surface area (Å²) in [6.45, 7) is 1.98. The molecule has 2 N–H and O–H groups in total. The van der Waals surface area contributed by atoms with Crippen molar-refractivity contribution in [2.75, 3.05) is 5.73 Å². The van der Waals surface area contributed by atoms with Gasteiger partial charge in [0.1, 0.15) is 6.33 Å². The smallest absolute Gasteiger partial charge is 0.100 e. The number of fused-ring (bicyclic) bond motifs is 2. The molecule has 0 aliphatic heterocycles. The Hall–Kier alpha value is -2.88. The fourth-order valence-electron chi connectivity index (χ4n) is 2.71. The lowest BCUT2D eigenvalue weighted by molar-refractivity contribution is 1.10. The largest absolute Gasteiger partial charge is 0.398 e. The predicted molar refractivity (Wildman–Crippen MR) is 85.5 cm³/mol. The van der Waals surface area contributed by atoms with Gasteiger partial charge in [-0.05, 0) is 37.3 Å². The number of aryl methyl sites for hydroxylation is 1. The Labute approximate surface area is 121 Å². The van der Waals surface area contributed by atoms with Crippen LogP contribution in [0.3, 0.4) is 0 Å². The van der Waals surface area contributed by atoms with Crippen molar-refractivity contribution in [3.8, 4) is 5.69 Å². The molecule has 2 aromatic carbocycles. The minimum atomic E-state index is 0.741. The van der Waals surface area contributed by atoms with Gasteiger partial charge in [-0.3, -0.25) is 9.55 Å². The first kappa shape index (κ1) is 11.9. The second kappa shape index (κ2) is 4.31. The van der Waals surface area contributed by atoms with Crippen molar-refractivity contribution in [3.05, 3.63) is 60.7 Å². The first-order valence-corrected chi connectivity index (χ1v) is 6.81. The molecule has 102 valence electrons. The summed E-state index contributed by atoms with van der Waals surface area (Å²) < 4.78 is 2.09. The molecule has 4 heteroatoms. The standard InChI is InChI=1S/C17H14N4/c1-11-8-12-13(9-19-11)14(18)6-7-16(12)21-10-20-15-4-2-3-5-17(15)21/h2-10H,18H2,1H3. The van der Waals surface area contributed by atoms with Gasteiger partial charge in [-0.15, -0.1) is 0 Å². The van der Waals surface area contributed by atoms with E-state index in [0.717, 1.165) is 38.9 Å². The summed E-state index contributed by atoms with van der Waals surface area (Å²) in [7, 11) is 0. The molecule has 0 aliphatic rings. The highest BCUT2D eigenvalue weighted by molar-refractivity contribution is 5.99. The summed E-state index contributed by atoms with van der Waals surface area (Å²) in [6, 6.07) is 14.1. The van der Waals surface area contributed by atoms with E-state index >= 15 is 0 Å². The van der Waals surface area contributed by atoms with Crippen LogP contribution in [0.1, 0.15) is 5.69 Å². The van der Waals surface area contributed by atoms with E-state index < -0.39 is 0 Å². The molecule has 0 spiro atoms. The summed E-state index contributed by atoms with van der Waals surface area (Å²) in [4.78, 5) is 8.81. The first-order valence-electron chi connectivity index (χ1n) is 6.81. The molecule has 2 heterocycles. The fourth-order valence-corrected chi connectivity index (χ4v) is 2.71. The maximum atomic E-state index is 6.08. The third-order valence-corrected chi connectivity index (χ3v) is 3.76. The zero-order chi connectivity index (χ0) is 14.4. The van der Waals surface area contributed by atoms with Crippen molar-refractivity contribution >= 4 is 27.5 Å². The third-order valence-electron chi connectivity index (χ3n) is 3.76. The number of nitrogen functional groups attached to an aromatic ring is 1. The zero-order valence-electron chi connectivity index (χ0n) is 11.6. The van der Waals surface area contributed by atoms with E-state index in [1.807, 2.05) is 49.8 Å². The lowest BCUT2D eigenvalue weighted by Gasteiger charge is -2.11. The van der Waals surface area contributed by atoms with E-state index in [4.69, 9.17) is 5.73 Å². The minimum absolute atomic E-state index is 0.741. The highest BCUT2D eigenvalue weighted by Crippen LogP contribution is 2.29. The van der Waals surface area contributed by atoms with Crippen LogP contribution in [0.4, 0.5) is 5.69 Å². The molecule has 21 heavy (non-hydrogen) atoms. The summed E-state index contributed by atoms with van der Waals surface area (Å²) in [6.07, 6.45) is 3.69. The third kappa shape index (κ3) is 1.76. The van der Waals surface area contributed by atoms with Gasteiger partial charge >= 0.3 is 0 Å². The molecule has 0 saturated heterocycles. The Morgan fingerprint density at radius 2 is 1.86 bits per heavy atom. The Morgan fingerprint density at radius 3 is 2.76 bits per heavy atom. The van der Waals surface area contributed by atoms with Crippen LogP contribution in [0, 0.1) is 6.92 Å². The number of para-hydroxylation sites is 2. The van der Waals surface area contributed by atoms with Gasteiger partial charge in [-0.2, -0.15) is 0 Å². The van der Waals surface area contributed by atoms with E-state index in [-0.39, 0.29) is 0 Å². The Bertz CT molecular complexity index is 969. The van der Waals surface area contributed by atoms with E-state index in [9.17, 15) is 0 Å².